The monoisotopic (exact) mass is 185 g/mol. The molecule has 1 saturated heterocycles. The summed E-state index contributed by atoms with van der Waals surface area (Å²) in [5.74, 6) is 0. The molecule has 0 aromatic carbocycles. The molecule has 2 unspecified atom stereocenters. The van der Waals surface area contributed by atoms with Gasteiger partial charge in [0.25, 0.3) is 0 Å². The lowest BCUT2D eigenvalue weighted by Crippen LogP contribution is -2.36. The van der Waals surface area contributed by atoms with Gasteiger partial charge < -0.3 is 10.1 Å². The summed E-state index contributed by atoms with van der Waals surface area (Å²) in [6.45, 7) is 6.40. The molecule has 0 spiro atoms. The van der Waals surface area contributed by atoms with Crippen molar-refractivity contribution >= 4 is 0 Å². The van der Waals surface area contributed by atoms with Gasteiger partial charge in [-0.3, -0.25) is 0 Å². The Balaban J connectivity index is 1.99. The molecule has 13 heavy (non-hydrogen) atoms. The molecule has 1 rings (SSSR count). The van der Waals surface area contributed by atoms with Crippen molar-refractivity contribution in [3.63, 3.8) is 0 Å². The third kappa shape index (κ3) is 4.63. The zero-order valence-corrected chi connectivity index (χ0v) is 9.01. The first-order chi connectivity index (χ1) is 6.33. The molecular formula is C11H23NO. The van der Waals surface area contributed by atoms with Crippen LogP contribution in [0, 0.1) is 0 Å². The Labute approximate surface area is 82.0 Å². The van der Waals surface area contributed by atoms with Gasteiger partial charge in [0, 0.05) is 18.7 Å². The molecule has 2 atom stereocenters. The van der Waals surface area contributed by atoms with Crippen molar-refractivity contribution in [1.82, 2.24) is 5.32 Å². The van der Waals surface area contributed by atoms with E-state index in [0.29, 0.717) is 12.1 Å². The molecule has 0 aliphatic carbocycles. The van der Waals surface area contributed by atoms with Crippen molar-refractivity contribution in [2.75, 3.05) is 13.2 Å². The lowest BCUT2D eigenvalue weighted by atomic mass is 10.1. The zero-order chi connectivity index (χ0) is 9.52. The van der Waals surface area contributed by atoms with Crippen molar-refractivity contribution < 1.29 is 4.74 Å². The Kier molecular flexibility index (Phi) is 5.40. The highest BCUT2D eigenvalue weighted by molar-refractivity contribution is 4.74. The molecular weight excluding hydrogens is 162 g/mol. The summed E-state index contributed by atoms with van der Waals surface area (Å²) in [5.41, 5.74) is 0. The molecule has 78 valence electrons. The van der Waals surface area contributed by atoms with Gasteiger partial charge in [-0.25, -0.2) is 0 Å². The molecule has 0 radical (unpaired) electrons. The molecule has 0 saturated carbocycles. The predicted molar refractivity (Wildman–Crippen MR) is 56.0 cm³/mol. The fourth-order valence-corrected chi connectivity index (χ4v) is 1.85. The number of nitrogens with one attached hydrogen (secondary N) is 1. The Morgan fingerprint density at radius 2 is 2.31 bits per heavy atom. The van der Waals surface area contributed by atoms with Gasteiger partial charge in [-0.05, 0) is 19.8 Å². The maximum atomic E-state index is 5.32. The van der Waals surface area contributed by atoms with Gasteiger partial charge in [0.1, 0.15) is 0 Å². The molecule has 2 nitrogen and oxygen atoms in total. The van der Waals surface area contributed by atoms with E-state index in [1.165, 1.54) is 32.1 Å². The molecule has 1 heterocycles. The van der Waals surface area contributed by atoms with Crippen LogP contribution in [0.4, 0.5) is 0 Å². The third-order valence-corrected chi connectivity index (χ3v) is 2.69. The van der Waals surface area contributed by atoms with Crippen LogP contribution in [-0.2, 0) is 4.74 Å². The maximum absolute atomic E-state index is 5.32. The van der Waals surface area contributed by atoms with E-state index in [1.54, 1.807) is 0 Å². The first kappa shape index (κ1) is 11.0. The van der Waals surface area contributed by atoms with E-state index in [0.717, 1.165) is 13.2 Å². The Bertz CT molecular complexity index is 121. The van der Waals surface area contributed by atoms with E-state index >= 15 is 0 Å². The highest BCUT2D eigenvalue weighted by atomic mass is 16.5. The maximum Gasteiger partial charge on any atom is 0.0620 e. The molecule has 2 heteroatoms. The molecule has 1 aliphatic rings. The summed E-state index contributed by atoms with van der Waals surface area (Å²) in [4.78, 5) is 0. The first-order valence-electron chi connectivity index (χ1n) is 5.66. The normalized spacial score (nSPS) is 24.9. The highest BCUT2D eigenvalue weighted by Crippen LogP contribution is 2.08. The van der Waals surface area contributed by atoms with Gasteiger partial charge >= 0.3 is 0 Å². The summed E-state index contributed by atoms with van der Waals surface area (Å²) < 4.78 is 5.32. The summed E-state index contributed by atoms with van der Waals surface area (Å²) >= 11 is 0. The van der Waals surface area contributed by atoms with Crippen LogP contribution in [0.3, 0.4) is 0 Å². The van der Waals surface area contributed by atoms with Crippen molar-refractivity contribution in [3.05, 3.63) is 0 Å². The zero-order valence-electron chi connectivity index (χ0n) is 9.01. The average molecular weight is 185 g/mol. The van der Waals surface area contributed by atoms with Crippen LogP contribution in [0.1, 0.15) is 46.0 Å². The molecule has 1 fully saturated rings. The number of unbranched alkanes of at least 4 members (excludes halogenated alkanes) is 2. The van der Waals surface area contributed by atoms with Crippen molar-refractivity contribution in [2.45, 2.75) is 58.0 Å². The third-order valence-electron chi connectivity index (χ3n) is 2.69. The minimum Gasteiger partial charge on any atom is -0.380 e. The van der Waals surface area contributed by atoms with E-state index < -0.39 is 0 Å². The second kappa shape index (κ2) is 6.39. The second-order valence-corrected chi connectivity index (χ2v) is 4.12. The number of ether oxygens (including phenoxy) is 1. The van der Waals surface area contributed by atoms with Gasteiger partial charge in [-0.2, -0.15) is 0 Å². The van der Waals surface area contributed by atoms with Gasteiger partial charge in [0.2, 0.25) is 0 Å². The van der Waals surface area contributed by atoms with E-state index in [-0.39, 0.29) is 0 Å². The molecule has 0 amide bonds. The van der Waals surface area contributed by atoms with Crippen LogP contribution in [0.15, 0.2) is 0 Å². The first-order valence-corrected chi connectivity index (χ1v) is 5.66. The van der Waals surface area contributed by atoms with Crippen LogP contribution in [-0.4, -0.2) is 25.3 Å². The Hall–Kier alpha value is -0.0800. The fourth-order valence-electron chi connectivity index (χ4n) is 1.85. The largest absolute Gasteiger partial charge is 0.380 e. The standard InChI is InChI=1S/C11H23NO/c1-3-4-5-6-10(2)12-11-7-8-13-9-11/h10-12H,3-9H2,1-2H3. The average Bonchev–Trinajstić information content (AvgIpc) is 2.57. The quantitative estimate of drug-likeness (QED) is 0.641. The minimum absolute atomic E-state index is 0.622. The van der Waals surface area contributed by atoms with Crippen LogP contribution >= 0.6 is 0 Å². The lowest BCUT2D eigenvalue weighted by Gasteiger charge is -2.17. The van der Waals surface area contributed by atoms with E-state index in [9.17, 15) is 0 Å². The summed E-state index contributed by atoms with van der Waals surface area (Å²) in [7, 11) is 0. The summed E-state index contributed by atoms with van der Waals surface area (Å²) in [6.07, 6.45) is 6.55. The van der Waals surface area contributed by atoms with Crippen molar-refractivity contribution in [3.8, 4) is 0 Å². The molecule has 0 aromatic rings. The topological polar surface area (TPSA) is 21.3 Å². The number of hydrogen-bond donors (Lipinski definition) is 1. The van der Waals surface area contributed by atoms with Crippen molar-refractivity contribution in [2.24, 2.45) is 0 Å². The predicted octanol–water partition coefficient (Wildman–Crippen LogP) is 2.33. The van der Waals surface area contributed by atoms with Gasteiger partial charge in [-0.1, -0.05) is 26.2 Å². The van der Waals surface area contributed by atoms with E-state index in [1.807, 2.05) is 0 Å². The van der Waals surface area contributed by atoms with Gasteiger partial charge in [-0.15, -0.1) is 0 Å². The van der Waals surface area contributed by atoms with Crippen LogP contribution in [0.25, 0.3) is 0 Å². The summed E-state index contributed by atoms with van der Waals surface area (Å²) in [5, 5.41) is 3.61. The lowest BCUT2D eigenvalue weighted by molar-refractivity contribution is 0.188. The van der Waals surface area contributed by atoms with E-state index in [2.05, 4.69) is 19.2 Å². The SMILES string of the molecule is CCCCCC(C)NC1CCOC1. The second-order valence-electron chi connectivity index (χ2n) is 4.12. The van der Waals surface area contributed by atoms with E-state index in [4.69, 9.17) is 4.74 Å². The summed E-state index contributed by atoms with van der Waals surface area (Å²) in [6, 6.07) is 1.29. The molecule has 1 aliphatic heterocycles. The minimum atomic E-state index is 0.622. The number of hydrogen-bond acceptors (Lipinski definition) is 2. The van der Waals surface area contributed by atoms with Crippen LogP contribution in [0.5, 0.6) is 0 Å². The van der Waals surface area contributed by atoms with Crippen molar-refractivity contribution in [1.29, 1.82) is 0 Å². The van der Waals surface area contributed by atoms with Gasteiger partial charge in [0.15, 0.2) is 0 Å². The molecule has 1 N–H and O–H groups in total. The van der Waals surface area contributed by atoms with Crippen LogP contribution < -0.4 is 5.32 Å². The van der Waals surface area contributed by atoms with Gasteiger partial charge in [0.05, 0.1) is 6.61 Å². The smallest absolute Gasteiger partial charge is 0.0620 e. The Morgan fingerprint density at radius 1 is 1.46 bits per heavy atom. The van der Waals surface area contributed by atoms with Crippen LogP contribution in [0.2, 0.25) is 0 Å². The molecule has 0 bridgehead atoms. The Morgan fingerprint density at radius 3 is 2.92 bits per heavy atom. The fraction of sp³-hybridized carbons (Fsp3) is 1.00. The number of rotatable bonds is 6. The highest BCUT2D eigenvalue weighted by Gasteiger charge is 2.16. The molecule has 0 aromatic heterocycles.